The minimum atomic E-state index is -4.10. The summed E-state index contributed by atoms with van der Waals surface area (Å²) in [6.07, 6.45) is -0.419. The number of nitrogens with zero attached hydrogens (tertiary/aromatic N) is 1. The average molecular weight is 396 g/mol. The Balaban J connectivity index is 1.99. The summed E-state index contributed by atoms with van der Waals surface area (Å²) in [6, 6.07) is -0.169. The summed E-state index contributed by atoms with van der Waals surface area (Å²) in [5, 5.41) is 6.46. The molecule has 2 unspecified atom stereocenters. The van der Waals surface area contributed by atoms with Gasteiger partial charge in [-0.3, -0.25) is 4.99 Å². The first-order valence-corrected chi connectivity index (χ1v) is 10.7. The van der Waals surface area contributed by atoms with Crippen LogP contribution in [0, 0.1) is 5.92 Å². The van der Waals surface area contributed by atoms with Crippen LogP contribution in [0.15, 0.2) is 4.99 Å². The molecular weight excluding hydrogens is 363 g/mol. The van der Waals surface area contributed by atoms with Crippen LogP contribution in [0.25, 0.3) is 0 Å². The minimum absolute atomic E-state index is 0.0798. The molecule has 2 N–H and O–H groups in total. The van der Waals surface area contributed by atoms with Crippen LogP contribution >= 0.6 is 11.8 Å². The largest absolute Gasteiger partial charge is 0.391 e. The molecule has 2 aliphatic rings. The van der Waals surface area contributed by atoms with E-state index in [4.69, 9.17) is 9.73 Å². The van der Waals surface area contributed by atoms with Crippen LogP contribution in [0.3, 0.4) is 0 Å². The van der Waals surface area contributed by atoms with Gasteiger partial charge in [-0.25, -0.2) is 0 Å². The molecule has 2 atom stereocenters. The SMILES string of the molecule is CCNC(=NCC1(SCC)CCOCC1)NC1CCCC(C(F)(F)F)C1. The molecule has 26 heavy (non-hydrogen) atoms. The van der Waals surface area contributed by atoms with Crippen molar-refractivity contribution >= 4 is 17.7 Å². The summed E-state index contributed by atoms with van der Waals surface area (Å²) >= 11 is 1.92. The number of aliphatic imine (C=N–C) groups is 1. The highest BCUT2D eigenvalue weighted by Gasteiger charge is 2.42. The molecule has 0 aromatic heterocycles. The quantitative estimate of drug-likeness (QED) is 0.528. The monoisotopic (exact) mass is 395 g/mol. The third-order valence-electron chi connectivity index (χ3n) is 5.20. The van der Waals surface area contributed by atoms with Crippen molar-refractivity contribution in [2.24, 2.45) is 10.9 Å². The van der Waals surface area contributed by atoms with Gasteiger partial charge in [-0.05, 0) is 44.8 Å². The van der Waals surface area contributed by atoms with Crippen LogP contribution in [0.1, 0.15) is 52.4 Å². The third kappa shape index (κ3) is 6.51. The Bertz CT molecular complexity index is 448. The Kier molecular flexibility index (Phi) is 8.39. The Morgan fingerprint density at radius 1 is 1.23 bits per heavy atom. The van der Waals surface area contributed by atoms with Gasteiger partial charge in [0.2, 0.25) is 0 Å². The van der Waals surface area contributed by atoms with E-state index in [0.29, 0.717) is 25.5 Å². The number of nitrogens with one attached hydrogen (secondary N) is 2. The number of rotatable bonds is 6. The zero-order chi connectivity index (χ0) is 19.0. The highest BCUT2D eigenvalue weighted by atomic mass is 32.2. The standard InChI is InChI=1S/C18H32F3N3OS/c1-3-22-16(23-13-17(26-4-2)8-10-25-11-9-17)24-15-7-5-6-14(12-15)18(19,20)21/h14-15H,3-13H2,1-2H3,(H2,22,23,24). The van der Waals surface area contributed by atoms with Crippen molar-refractivity contribution in [3.8, 4) is 0 Å². The highest BCUT2D eigenvalue weighted by molar-refractivity contribution is 8.00. The van der Waals surface area contributed by atoms with Crippen molar-refractivity contribution in [2.45, 2.75) is 69.3 Å². The first-order valence-electron chi connectivity index (χ1n) is 9.72. The van der Waals surface area contributed by atoms with E-state index in [1.165, 1.54) is 0 Å². The fourth-order valence-corrected chi connectivity index (χ4v) is 4.98. The lowest BCUT2D eigenvalue weighted by molar-refractivity contribution is -0.183. The van der Waals surface area contributed by atoms with E-state index in [2.05, 4.69) is 17.6 Å². The van der Waals surface area contributed by atoms with Gasteiger partial charge < -0.3 is 15.4 Å². The minimum Gasteiger partial charge on any atom is -0.381 e. The van der Waals surface area contributed by atoms with Gasteiger partial charge in [0.15, 0.2) is 5.96 Å². The van der Waals surface area contributed by atoms with Crippen LogP contribution < -0.4 is 10.6 Å². The molecule has 0 amide bonds. The van der Waals surface area contributed by atoms with E-state index in [1.807, 2.05) is 18.7 Å². The summed E-state index contributed by atoms with van der Waals surface area (Å²) in [4.78, 5) is 4.75. The number of guanidine groups is 1. The molecule has 1 aliphatic carbocycles. The fourth-order valence-electron chi connectivity index (χ4n) is 3.75. The Labute approximate surface area is 159 Å². The van der Waals surface area contributed by atoms with Crippen molar-refractivity contribution in [1.29, 1.82) is 0 Å². The number of hydrogen-bond donors (Lipinski definition) is 2. The van der Waals surface area contributed by atoms with Gasteiger partial charge in [-0.15, -0.1) is 0 Å². The topological polar surface area (TPSA) is 45.7 Å². The molecule has 2 fully saturated rings. The van der Waals surface area contributed by atoms with E-state index in [-0.39, 0.29) is 23.6 Å². The second-order valence-corrected chi connectivity index (χ2v) is 8.90. The summed E-state index contributed by atoms with van der Waals surface area (Å²) in [7, 11) is 0. The van der Waals surface area contributed by atoms with E-state index in [9.17, 15) is 13.2 Å². The van der Waals surface area contributed by atoms with Gasteiger partial charge >= 0.3 is 6.18 Å². The zero-order valence-electron chi connectivity index (χ0n) is 15.8. The maximum atomic E-state index is 13.0. The number of halogens is 3. The van der Waals surface area contributed by atoms with Gasteiger partial charge in [-0.1, -0.05) is 13.3 Å². The van der Waals surface area contributed by atoms with Crippen LogP contribution in [0.5, 0.6) is 0 Å². The number of alkyl halides is 3. The van der Waals surface area contributed by atoms with Crippen molar-refractivity contribution in [3.05, 3.63) is 0 Å². The summed E-state index contributed by atoms with van der Waals surface area (Å²) in [6.45, 7) is 6.98. The fraction of sp³-hybridized carbons (Fsp3) is 0.944. The van der Waals surface area contributed by atoms with Crippen molar-refractivity contribution in [2.75, 3.05) is 32.1 Å². The predicted octanol–water partition coefficient (Wildman–Crippen LogP) is 3.96. The Hall–Kier alpha value is -0.630. The molecular formula is C18H32F3N3OS. The van der Waals surface area contributed by atoms with Crippen molar-refractivity contribution in [1.82, 2.24) is 10.6 Å². The molecule has 1 aliphatic heterocycles. The molecule has 0 bridgehead atoms. The Morgan fingerprint density at radius 2 is 1.96 bits per heavy atom. The molecule has 8 heteroatoms. The summed E-state index contributed by atoms with van der Waals surface area (Å²) in [5.41, 5.74) is 0. The van der Waals surface area contributed by atoms with Gasteiger partial charge in [-0.2, -0.15) is 24.9 Å². The molecule has 152 valence electrons. The predicted molar refractivity (Wildman–Crippen MR) is 102 cm³/mol. The summed E-state index contributed by atoms with van der Waals surface area (Å²) in [5.74, 6) is 0.465. The van der Waals surface area contributed by atoms with Crippen LogP contribution in [0.4, 0.5) is 13.2 Å². The van der Waals surface area contributed by atoms with Crippen molar-refractivity contribution < 1.29 is 17.9 Å². The van der Waals surface area contributed by atoms with E-state index >= 15 is 0 Å². The average Bonchev–Trinajstić information content (AvgIpc) is 2.61. The normalized spacial score (nSPS) is 27.2. The van der Waals surface area contributed by atoms with Gasteiger partial charge in [0.05, 0.1) is 12.5 Å². The maximum absolute atomic E-state index is 13.0. The second-order valence-electron chi connectivity index (χ2n) is 7.17. The molecule has 1 saturated carbocycles. The lowest BCUT2D eigenvalue weighted by atomic mass is 9.85. The lowest BCUT2D eigenvalue weighted by Gasteiger charge is -2.36. The van der Waals surface area contributed by atoms with Gasteiger partial charge in [0.1, 0.15) is 0 Å². The molecule has 0 radical (unpaired) electrons. The maximum Gasteiger partial charge on any atom is 0.391 e. The third-order valence-corrected chi connectivity index (χ3v) is 6.64. The van der Waals surface area contributed by atoms with E-state index in [0.717, 1.165) is 38.2 Å². The van der Waals surface area contributed by atoms with Crippen LogP contribution in [-0.4, -0.2) is 55.0 Å². The van der Waals surface area contributed by atoms with Crippen molar-refractivity contribution in [3.63, 3.8) is 0 Å². The lowest BCUT2D eigenvalue weighted by Crippen LogP contribution is -2.47. The van der Waals surface area contributed by atoms with Crippen LogP contribution in [-0.2, 0) is 4.74 Å². The Morgan fingerprint density at radius 3 is 2.58 bits per heavy atom. The zero-order valence-corrected chi connectivity index (χ0v) is 16.6. The first-order chi connectivity index (χ1) is 12.4. The first kappa shape index (κ1) is 21.7. The van der Waals surface area contributed by atoms with Gasteiger partial charge in [0, 0.05) is 30.5 Å². The second kappa shape index (κ2) is 10.1. The highest BCUT2D eigenvalue weighted by Crippen LogP contribution is 2.38. The molecule has 4 nitrogen and oxygen atoms in total. The molecule has 2 rings (SSSR count). The molecule has 0 aromatic rings. The molecule has 0 aromatic carbocycles. The molecule has 1 saturated heterocycles. The molecule has 1 heterocycles. The summed E-state index contributed by atoms with van der Waals surface area (Å²) < 4.78 is 44.7. The molecule has 0 spiro atoms. The van der Waals surface area contributed by atoms with Gasteiger partial charge in [0.25, 0.3) is 0 Å². The van der Waals surface area contributed by atoms with E-state index in [1.54, 1.807) is 0 Å². The van der Waals surface area contributed by atoms with Crippen LogP contribution in [0.2, 0.25) is 0 Å². The number of ether oxygens (including phenoxy) is 1. The number of thioether (sulfide) groups is 1. The number of hydrogen-bond acceptors (Lipinski definition) is 3. The van der Waals surface area contributed by atoms with E-state index < -0.39 is 12.1 Å². The smallest absolute Gasteiger partial charge is 0.381 e.